The zero-order valence-electron chi connectivity index (χ0n) is 17.3. The lowest BCUT2D eigenvalue weighted by atomic mass is 10.1. The number of aromatic nitrogens is 5. The van der Waals surface area contributed by atoms with Gasteiger partial charge in [0.1, 0.15) is 18.1 Å². The number of rotatable bonds is 3. The van der Waals surface area contributed by atoms with Crippen molar-refractivity contribution < 1.29 is 18.7 Å². The molecule has 2 aliphatic heterocycles. The molecule has 2 amide bonds. The zero-order chi connectivity index (χ0) is 22.1. The third-order valence-corrected chi connectivity index (χ3v) is 5.80. The minimum Gasteiger partial charge on any atom is -0.445 e. The standard InChI is InChI=1S/C21H22FN7O3/c22-15-3-1-14(2-4-15)13-32-21(31)27-7-5-16-11-18(25-29(16)10-9-27)20(30)28-8-6-17-19(12-28)24-26-23-17/h1-4,11H,5-10,12-13H2,(H,23,24,26). The van der Waals surface area contributed by atoms with E-state index in [4.69, 9.17) is 4.74 Å². The van der Waals surface area contributed by atoms with E-state index in [1.807, 2.05) is 0 Å². The molecule has 2 aromatic heterocycles. The fourth-order valence-corrected chi connectivity index (χ4v) is 3.97. The second kappa shape index (κ2) is 8.40. The van der Waals surface area contributed by atoms with Crippen molar-refractivity contribution in [2.45, 2.75) is 32.5 Å². The summed E-state index contributed by atoms with van der Waals surface area (Å²) in [4.78, 5) is 28.7. The van der Waals surface area contributed by atoms with E-state index in [0.29, 0.717) is 51.3 Å². The van der Waals surface area contributed by atoms with Crippen molar-refractivity contribution in [1.29, 1.82) is 0 Å². The molecule has 0 aliphatic carbocycles. The summed E-state index contributed by atoms with van der Waals surface area (Å²) in [6.45, 7) is 2.46. The second-order valence-corrected chi connectivity index (χ2v) is 7.88. The molecule has 10 nitrogen and oxygen atoms in total. The van der Waals surface area contributed by atoms with E-state index < -0.39 is 6.09 Å². The first-order valence-electron chi connectivity index (χ1n) is 10.5. The lowest BCUT2D eigenvalue weighted by molar-refractivity contribution is 0.0723. The summed E-state index contributed by atoms with van der Waals surface area (Å²) in [6, 6.07) is 7.65. The first-order valence-corrected chi connectivity index (χ1v) is 10.5. The van der Waals surface area contributed by atoms with E-state index in [0.717, 1.165) is 22.6 Å². The zero-order valence-corrected chi connectivity index (χ0v) is 17.3. The predicted molar refractivity (Wildman–Crippen MR) is 109 cm³/mol. The number of H-pyrrole nitrogens is 1. The first-order chi connectivity index (χ1) is 15.6. The number of nitrogens with zero attached hydrogens (tertiary/aromatic N) is 6. The average Bonchev–Trinajstić information content (AvgIpc) is 3.40. The smallest absolute Gasteiger partial charge is 0.410 e. The molecular weight excluding hydrogens is 417 g/mol. The Balaban J connectivity index is 1.18. The van der Waals surface area contributed by atoms with Gasteiger partial charge < -0.3 is 14.5 Å². The van der Waals surface area contributed by atoms with Gasteiger partial charge in [0.2, 0.25) is 0 Å². The number of nitrogens with one attached hydrogen (secondary N) is 1. The Kier molecular flexibility index (Phi) is 5.29. The largest absolute Gasteiger partial charge is 0.445 e. The van der Waals surface area contributed by atoms with E-state index >= 15 is 0 Å². The van der Waals surface area contributed by atoms with Gasteiger partial charge in [-0.1, -0.05) is 17.3 Å². The van der Waals surface area contributed by atoms with Crippen molar-refractivity contribution in [2.75, 3.05) is 19.6 Å². The third-order valence-electron chi connectivity index (χ3n) is 5.80. The number of hydrogen-bond donors (Lipinski definition) is 1. The number of hydrogen-bond acceptors (Lipinski definition) is 6. The fraction of sp³-hybridized carbons (Fsp3) is 0.381. The number of ether oxygens (including phenoxy) is 1. The van der Waals surface area contributed by atoms with E-state index in [1.54, 1.807) is 32.7 Å². The van der Waals surface area contributed by atoms with Crippen LogP contribution in [0.25, 0.3) is 0 Å². The summed E-state index contributed by atoms with van der Waals surface area (Å²) in [5.41, 5.74) is 3.79. The van der Waals surface area contributed by atoms with E-state index in [1.165, 1.54) is 12.1 Å². The molecule has 0 saturated heterocycles. The molecule has 2 aliphatic rings. The molecule has 11 heteroatoms. The molecule has 0 bridgehead atoms. The second-order valence-electron chi connectivity index (χ2n) is 7.88. The van der Waals surface area contributed by atoms with Crippen LogP contribution >= 0.6 is 0 Å². The number of fused-ring (bicyclic) bond motifs is 2. The predicted octanol–water partition coefficient (Wildman–Crippen LogP) is 1.53. The maximum Gasteiger partial charge on any atom is 0.410 e. The minimum absolute atomic E-state index is 0.0852. The van der Waals surface area contributed by atoms with Crippen molar-refractivity contribution in [1.82, 2.24) is 35.0 Å². The van der Waals surface area contributed by atoms with Gasteiger partial charge in [-0.3, -0.25) is 14.6 Å². The SMILES string of the molecule is O=C(OCc1ccc(F)cc1)N1CCc2cc(C(=O)N3CCc4[nH]nnc4C3)nn2CC1. The van der Waals surface area contributed by atoms with Crippen molar-refractivity contribution in [3.63, 3.8) is 0 Å². The molecule has 0 radical (unpaired) electrons. The van der Waals surface area contributed by atoms with Crippen LogP contribution in [0.2, 0.25) is 0 Å². The van der Waals surface area contributed by atoms with Gasteiger partial charge in [-0.15, -0.1) is 5.10 Å². The van der Waals surface area contributed by atoms with E-state index in [-0.39, 0.29) is 18.3 Å². The summed E-state index contributed by atoms with van der Waals surface area (Å²) in [7, 11) is 0. The third kappa shape index (κ3) is 4.05. The molecule has 0 unspecified atom stereocenters. The Morgan fingerprint density at radius 2 is 1.88 bits per heavy atom. The molecule has 166 valence electrons. The molecule has 0 spiro atoms. The van der Waals surface area contributed by atoms with Crippen molar-refractivity contribution in [3.05, 3.63) is 64.5 Å². The molecule has 1 N–H and O–H groups in total. The van der Waals surface area contributed by atoms with E-state index in [2.05, 4.69) is 20.5 Å². The number of halogens is 1. The van der Waals surface area contributed by atoms with Crippen LogP contribution in [-0.2, 0) is 37.3 Å². The monoisotopic (exact) mass is 439 g/mol. The number of benzene rings is 1. The minimum atomic E-state index is -0.423. The number of carbonyl (C=O) groups is 2. The van der Waals surface area contributed by atoms with Gasteiger partial charge in [-0.2, -0.15) is 5.10 Å². The topological polar surface area (TPSA) is 109 Å². The van der Waals surface area contributed by atoms with Gasteiger partial charge in [0.25, 0.3) is 5.91 Å². The summed E-state index contributed by atoms with van der Waals surface area (Å²) in [6.07, 6.45) is 0.837. The summed E-state index contributed by atoms with van der Waals surface area (Å²) >= 11 is 0. The van der Waals surface area contributed by atoms with Gasteiger partial charge >= 0.3 is 6.09 Å². The quantitative estimate of drug-likeness (QED) is 0.663. The van der Waals surface area contributed by atoms with Crippen LogP contribution in [0.5, 0.6) is 0 Å². The average molecular weight is 439 g/mol. The maximum absolute atomic E-state index is 13.0. The van der Waals surface area contributed by atoms with Crippen molar-refractivity contribution in [2.24, 2.45) is 0 Å². The normalized spacial score (nSPS) is 15.7. The molecule has 0 fully saturated rings. The number of carbonyl (C=O) groups excluding carboxylic acids is 2. The molecule has 3 aromatic rings. The Bertz CT molecular complexity index is 1120. The summed E-state index contributed by atoms with van der Waals surface area (Å²) in [5, 5.41) is 15.2. The molecule has 5 rings (SSSR count). The molecule has 32 heavy (non-hydrogen) atoms. The van der Waals surface area contributed by atoms with Gasteiger partial charge in [0.15, 0.2) is 5.69 Å². The Morgan fingerprint density at radius 1 is 1.06 bits per heavy atom. The van der Waals surface area contributed by atoms with Crippen LogP contribution in [-0.4, -0.2) is 66.6 Å². The van der Waals surface area contributed by atoms with E-state index in [9.17, 15) is 14.0 Å². The van der Waals surface area contributed by atoms with Crippen LogP contribution in [0.3, 0.4) is 0 Å². The van der Waals surface area contributed by atoms with Crippen LogP contribution in [0, 0.1) is 5.82 Å². The van der Waals surface area contributed by atoms with Gasteiger partial charge in [-0.05, 0) is 23.8 Å². The molecule has 0 atom stereocenters. The fourth-order valence-electron chi connectivity index (χ4n) is 3.97. The summed E-state index contributed by atoms with van der Waals surface area (Å²) in [5.74, 6) is -0.460. The maximum atomic E-state index is 13.0. The molecule has 4 heterocycles. The lowest BCUT2D eigenvalue weighted by Gasteiger charge is -2.24. The molecule has 1 aromatic carbocycles. The van der Waals surface area contributed by atoms with Crippen molar-refractivity contribution in [3.8, 4) is 0 Å². The van der Waals surface area contributed by atoms with Crippen LogP contribution in [0.1, 0.15) is 33.1 Å². The van der Waals surface area contributed by atoms with Crippen LogP contribution < -0.4 is 0 Å². The van der Waals surface area contributed by atoms with Crippen LogP contribution in [0.4, 0.5) is 9.18 Å². The van der Waals surface area contributed by atoms with Gasteiger partial charge in [0.05, 0.1) is 18.8 Å². The highest BCUT2D eigenvalue weighted by Crippen LogP contribution is 2.18. The number of amides is 2. The Labute approximate surface area is 182 Å². The Hall–Kier alpha value is -3.76. The molecular formula is C21H22FN7O3. The highest BCUT2D eigenvalue weighted by molar-refractivity contribution is 5.92. The van der Waals surface area contributed by atoms with Crippen molar-refractivity contribution >= 4 is 12.0 Å². The first kappa shape index (κ1) is 20.2. The highest BCUT2D eigenvalue weighted by Gasteiger charge is 2.28. The van der Waals surface area contributed by atoms with Gasteiger partial charge in [-0.25, -0.2) is 9.18 Å². The summed E-state index contributed by atoms with van der Waals surface area (Å²) < 4.78 is 20.1. The highest BCUT2D eigenvalue weighted by atomic mass is 19.1. The van der Waals surface area contributed by atoms with Crippen LogP contribution in [0.15, 0.2) is 30.3 Å². The lowest BCUT2D eigenvalue weighted by Crippen LogP contribution is -2.36. The Morgan fingerprint density at radius 3 is 2.72 bits per heavy atom. The van der Waals surface area contributed by atoms with Gasteiger partial charge in [0, 0.05) is 38.2 Å². The number of aromatic amines is 1. The molecule has 0 saturated carbocycles.